The molecule has 3 heterocycles. The van der Waals surface area contributed by atoms with Crippen LogP contribution in [0.3, 0.4) is 0 Å². The van der Waals surface area contributed by atoms with Crippen molar-refractivity contribution in [2.24, 2.45) is 0 Å². The molecule has 0 aromatic carbocycles. The lowest BCUT2D eigenvalue weighted by molar-refractivity contribution is 0.717. The van der Waals surface area contributed by atoms with Crippen LogP contribution in [0.2, 0.25) is 0 Å². The van der Waals surface area contributed by atoms with Gasteiger partial charge in [0.2, 0.25) is 5.95 Å². The number of anilines is 1. The Morgan fingerprint density at radius 1 is 1.17 bits per heavy atom. The Kier molecular flexibility index (Phi) is 2.92. The van der Waals surface area contributed by atoms with Crippen molar-refractivity contribution < 1.29 is 0 Å². The Morgan fingerprint density at radius 3 is 2.72 bits per heavy atom. The first-order valence-corrected chi connectivity index (χ1v) is 6.35. The third-order valence-corrected chi connectivity index (χ3v) is 3.43. The van der Waals surface area contributed by atoms with E-state index in [-0.39, 0.29) is 0 Å². The van der Waals surface area contributed by atoms with Gasteiger partial charge in [-0.25, -0.2) is 9.97 Å². The molecule has 1 unspecified atom stereocenters. The van der Waals surface area contributed by atoms with Crippen molar-refractivity contribution in [1.82, 2.24) is 15.0 Å². The molecule has 2 aromatic heterocycles. The highest BCUT2D eigenvalue weighted by atomic mass is 15.3. The molecule has 0 radical (unpaired) electrons. The smallest absolute Gasteiger partial charge is 0.226 e. The fraction of sp³-hybridized carbons (Fsp3) is 0.357. The lowest BCUT2D eigenvalue weighted by Crippen LogP contribution is -2.28. The number of hydrogen-bond acceptors (Lipinski definition) is 4. The molecule has 0 aliphatic carbocycles. The van der Waals surface area contributed by atoms with Gasteiger partial charge in [-0.15, -0.1) is 0 Å². The second-order valence-electron chi connectivity index (χ2n) is 4.66. The summed E-state index contributed by atoms with van der Waals surface area (Å²) in [6, 6.07) is 6.43. The topological polar surface area (TPSA) is 41.9 Å². The summed E-state index contributed by atoms with van der Waals surface area (Å²) in [6.45, 7) is 3.29. The van der Waals surface area contributed by atoms with Gasteiger partial charge in [0.25, 0.3) is 0 Å². The monoisotopic (exact) mass is 240 g/mol. The number of nitrogens with zero attached hydrogens (tertiary/aromatic N) is 4. The molecule has 4 heteroatoms. The van der Waals surface area contributed by atoms with Crippen LogP contribution in [0.5, 0.6) is 0 Å². The largest absolute Gasteiger partial charge is 0.338 e. The zero-order valence-corrected chi connectivity index (χ0v) is 10.5. The first-order valence-electron chi connectivity index (χ1n) is 6.35. The number of pyridine rings is 1. The van der Waals surface area contributed by atoms with E-state index < -0.39 is 0 Å². The third-order valence-electron chi connectivity index (χ3n) is 3.43. The molecular formula is C14H16N4. The van der Waals surface area contributed by atoms with Crippen LogP contribution < -0.4 is 4.90 Å². The van der Waals surface area contributed by atoms with E-state index in [9.17, 15) is 0 Å². The van der Waals surface area contributed by atoms with Gasteiger partial charge in [-0.05, 0) is 38.0 Å². The van der Waals surface area contributed by atoms with Crippen molar-refractivity contribution >= 4 is 5.95 Å². The lowest BCUT2D eigenvalue weighted by Gasteiger charge is -2.21. The fourth-order valence-electron chi connectivity index (χ4n) is 2.40. The van der Waals surface area contributed by atoms with Gasteiger partial charge < -0.3 is 4.90 Å². The maximum atomic E-state index is 4.66. The van der Waals surface area contributed by atoms with Crippen molar-refractivity contribution in [3.63, 3.8) is 0 Å². The van der Waals surface area contributed by atoms with E-state index >= 15 is 0 Å². The third kappa shape index (κ3) is 2.06. The summed E-state index contributed by atoms with van der Waals surface area (Å²) in [5.74, 6) is 0.842. The molecule has 1 aliphatic rings. The predicted molar refractivity (Wildman–Crippen MR) is 71.3 cm³/mol. The number of hydrogen-bond donors (Lipinski definition) is 0. The highest BCUT2D eigenvalue weighted by Gasteiger charge is 2.22. The van der Waals surface area contributed by atoms with Gasteiger partial charge in [0.15, 0.2) is 0 Å². The quantitative estimate of drug-likeness (QED) is 0.809. The molecule has 1 fully saturated rings. The van der Waals surface area contributed by atoms with E-state index in [0.717, 1.165) is 23.8 Å². The molecule has 0 bridgehead atoms. The van der Waals surface area contributed by atoms with Crippen molar-refractivity contribution in [3.8, 4) is 11.3 Å². The van der Waals surface area contributed by atoms with Gasteiger partial charge in [-0.2, -0.15) is 0 Å². The Hall–Kier alpha value is -1.97. The van der Waals surface area contributed by atoms with Crippen LogP contribution >= 0.6 is 0 Å². The Labute approximate surface area is 107 Å². The van der Waals surface area contributed by atoms with Gasteiger partial charge in [0, 0.05) is 36.7 Å². The SMILES string of the molecule is CC1CCCN1c1nccc(-c2ccncc2)n1. The van der Waals surface area contributed by atoms with Crippen LogP contribution in [0.4, 0.5) is 5.95 Å². The summed E-state index contributed by atoms with van der Waals surface area (Å²) in [4.78, 5) is 15.4. The molecule has 1 saturated heterocycles. The molecule has 3 rings (SSSR count). The van der Waals surface area contributed by atoms with Gasteiger partial charge >= 0.3 is 0 Å². The second-order valence-corrected chi connectivity index (χ2v) is 4.66. The maximum Gasteiger partial charge on any atom is 0.226 e. The maximum absolute atomic E-state index is 4.66. The molecule has 0 amide bonds. The number of rotatable bonds is 2. The minimum Gasteiger partial charge on any atom is -0.338 e. The van der Waals surface area contributed by atoms with E-state index in [1.807, 2.05) is 24.4 Å². The van der Waals surface area contributed by atoms with Gasteiger partial charge in [-0.3, -0.25) is 4.98 Å². The van der Waals surface area contributed by atoms with E-state index in [1.54, 1.807) is 12.4 Å². The first kappa shape index (κ1) is 11.1. The van der Waals surface area contributed by atoms with E-state index in [2.05, 4.69) is 26.8 Å². The van der Waals surface area contributed by atoms with Crippen LogP contribution in [0.1, 0.15) is 19.8 Å². The van der Waals surface area contributed by atoms with Crippen LogP contribution in [-0.2, 0) is 0 Å². The van der Waals surface area contributed by atoms with Crippen LogP contribution in [-0.4, -0.2) is 27.5 Å². The summed E-state index contributed by atoms with van der Waals surface area (Å²) < 4.78 is 0. The van der Waals surface area contributed by atoms with Crippen molar-refractivity contribution in [3.05, 3.63) is 36.8 Å². The van der Waals surface area contributed by atoms with Crippen LogP contribution in [0.25, 0.3) is 11.3 Å². The Morgan fingerprint density at radius 2 is 2.00 bits per heavy atom. The highest BCUT2D eigenvalue weighted by molar-refractivity contribution is 5.59. The Bertz CT molecular complexity index is 526. The number of aromatic nitrogens is 3. The van der Waals surface area contributed by atoms with E-state index in [0.29, 0.717) is 6.04 Å². The molecule has 18 heavy (non-hydrogen) atoms. The zero-order chi connectivity index (χ0) is 12.4. The van der Waals surface area contributed by atoms with Crippen molar-refractivity contribution in [2.75, 3.05) is 11.4 Å². The summed E-state index contributed by atoms with van der Waals surface area (Å²) >= 11 is 0. The molecule has 92 valence electrons. The van der Waals surface area contributed by atoms with Gasteiger partial charge in [0.1, 0.15) is 0 Å². The molecule has 1 atom stereocenters. The molecule has 2 aromatic rings. The molecule has 0 saturated carbocycles. The fourth-order valence-corrected chi connectivity index (χ4v) is 2.40. The summed E-state index contributed by atoms with van der Waals surface area (Å²) in [6.07, 6.45) is 7.86. The average molecular weight is 240 g/mol. The molecule has 1 aliphatic heterocycles. The van der Waals surface area contributed by atoms with E-state index in [1.165, 1.54) is 12.8 Å². The molecule has 0 spiro atoms. The zero-order valence-electron chi connectivity index (χ0n) is 10.5. The van der Waals surface area contributed by atoms with E-state index in [4.69, 9.17) is 0 Å². The Balaban J connectivity index is 1.94. The average Bonchev–Trinajstić information content (AvgIpc) is 2.86. The molecule has 4 nitrogen and oxygen atoms in total. The van der Waals surface area contributed by atoms with Crippen molar-refractivity contribution in [2.45, 2.75) is 25.8 Å². The molecular weight excluding hydrogens is 224 g/mol. The normalized spacial score (nSPS) is 19.2. The van der Waals surface area contributed by atoms with Crippen LogP contribution in [0, 0.1) is 0 Å². The standard InChI is InChI=1S/C14H16N4/c1-11-3-2-10-18(11)14-16-9-6-13(17-14)12-4-7-15-8-5-12/h4-9,11H,2-3,10H2,1H3. The first-order chi connectivity index (χ1) is 8.84. The second kappa shape index (κ2) is 4.72. The highest BCUT2D eigenvalue weighted by Crippen LogP contribution is 2.24. The minimum absolute atomic E-state index is 0.540. The van der Waals surface area contributed by atoms with Crippen molar-refractivity contribution in [1.29, 1.82) is 0 Å². The van der Waals surface area contributed by atoms with Gasteiger partial charge in [-0.1, -0.05) is 0 Å². The summed E-state index contributed by atoms with van der Waals surface area (Å²) in [7, 11) is 0. The summed E-state index contributed by atoms with van der Waals surface area (Å²) in [5, 5.41) is 0. The van der Waals surface area contributed by atoms with Crippen LogP contribution in [0.15, 0.2) is 36.8 Å². The van der Waals surface area contributed by atoms with Gasteiger partial charge in [0.05, 0.1) is 5.69 Å². The molecule has 0 N–H and O–H groups in total. The minimum atomic E-state index is 0.540. The summed E-state index contributed by atoms with van der Waals surface area (Å²) in [5.41, 5.74) is 2.04. The lowest BCUT2D eigenvalue weighted by atomic mass is 10.2. The predicted octanol–water partition coefficient (Wildman–Crippen LogP) is 2.53.